The Morgan fingerprint density at radius 1 is 1.21 bits per heavy atom. The Kier molecular flexibility index (Phi) is 3.59. The maximum absolute atomic E-state index is 11.5. The predicted octanol–water partition coefficient (Wildman–Crippen LogP) is 1.13. The summed E-state index contributed by atoms with van der Waals surface area (Å²) in [7, 11) is -3.30. The molecule has 0 atom stereocenters. The second kappa shape index (κ2) is 4.72. The lowest BCUT2D eigenvalue weighted by Crippen LogP contribution is -2.04. The van der Waals surface area contributed by atoms with Crippen molar-refractivity contribution in [2.45, 2.75) is 4.90 Å². The van der Waals surface area contributed by atoms with Crippen LogP contribution in [-0.4, -0.2) is 20.5 Å². The Bertz CT molecular complexity index is 418. The van der Waals surface area contributed by atoms with E-state index in [1.54, 1.807) is 18.2 Å². The van der Waals surface area contributed by atoms with Gasteiger partial charge in [0.1, 0.15) is 0 Å². The van der Waals surface area contributed by atoms with E-state index in [4.69, 9.17) is 0 Å². The van der Waals surface area contributed by atoms with E-state index in [1.165, 1.54) is 24.5 Å². The van der Waals surface area contributed by atoms with Gasteiger partial charge in [0.25, 0.3) is 0 Å². The number of carbonyl (C=O) groups excluding carboxylic acids is 1. The molecule has 0 aromatic heterocycles. The summed E-state index contributed by atoms with van der Waals surface area (Å²) in [6, 6.07) is 8.10. The van der Waals surface area contributed by atoms with Crippen LogP contribution in [0.5, 0.6) is 0 Å². The third-order valence-electron chi connectivity index (χ3n) is 1.60. The fraction of sp³-hybridized carbons (Fsp3) is 0.100. The molecule has 14 heavy (non-hydrogen) atoms. The maximum Gasteiger partial charge on any atom is 0.225 e. The molecule has 3 nitrogen and oxygen atoms in total. The van der Waals surface area contributed by atoms with Crippen LogP contribution in [0.2, 0.25) is 0 Å². The summed E-state index contributed by atoms with van der Waals surface area (Å²) in [5.41, 5.74) is 0. The Morgan fingerprint density at radius 2 is 1.86 bits per heavy atom. The average molecular weight is 209 g/mol. The van der Waals surface area contributed by atoms with Crippen LogP contribution in [0.3, 0.4) is 0 Å². The predicted molar refractivity (Wildman–Crippen MR) is 53.3 cm³/mol. The molecular weight excluding hydrogens is 200 g/mol. The van der Waals surface area contributed by atoms with Gasteiger partial charge < -0.3 is 0 Å². The zero-order valence-corrected chi connectivity index (χ0v) is 8.20. The molecule has 0 saturated heterocycles. The van der Waals surface area contributed by atoms with E-state index in [1.807, 2.05) is 0 Å². The Hall–Kier alpha value is -1.42. The zero-order chi connectivity index (χ0) is 10.4. The van der Waals surface area contributed by atoms with Gasteiger partial charge in [-0.05, 0) is 18.2 Å². The van der Waals surface area contributed by atoms with Gasteiger partial charge in [-0.25, -0.2) is 8.42 Å². The molecule has 0 amide bonds. The van der Waals surface area contributed by atoms with Crippen molar-refractivity contribution in [2.75, 3.05) is 5.75 Å². The molecule has 0 aliphatic carbocycles. The number of sulfone groups is 1. The normalized spacial score (nSPS) is 11.7. The van der Waals surface area contributed by atoms with E-state index >= 15 is 0 Å². The van der Waals surface area contributed by atoms with Crippen molar-refractivity contribution in [3.63, 3.8) is 0 Å². The second-order valence-corrected chi connectivity index (χ2v) is 4.65. The van der Waals surface area contributed by atoms with Crippen molar-refractivity contribution in [3.8, 4) is 0 Å². The Morgan fingerprint density at radius 3 is 2.43 bits per heavy atom. The molecule has 0 aliphatic rings. The van der Waals surface area contributed by atoms with Crippen LogP contribution in [0.25, 0.3) is 0 Å². The zero-order valence-electron chi connectivity index (χ0n) is 7.38. The van der Waals surface area contributed by atoms with Crippen molar-refractivity contribution >= 4 is 16.1 Å². The molecule has 0 heterocycles. The van der Waals surface area contributed by atoms with E-state index in [9.17, 15) is 13.2 Å². The molecule has 0 saturated carbocycles. The van der Waals surface area contributed by atoms with Crippen LogP contribution in [-0.2, 0) is 14.6 Å². The van der Waals surface area contributed by atoms with Gasteiger partial charge in [-0.1, -0.05) is 24.3 Å². The van der Waals surface area contributed by atoms with Gasteiger partial charge in [0.15, 0.2) is 9.84 Å². The highest BCUT2D eigenvalue weighted by molar-refractivity contribution is 7.91. The van der Waals surface area contributed by atoms with Gasteiger partial charge in [0.05, 0.1) is 10.6 Å². The molecule has 0 spiro atoms. The van der Waals surface area contributed by atoms with Crippen molar-refractivity contribution in [3.05, 3.63) is 42.5 Å². The van der Waals surface area contributed by atoms with Crippen molar-refractivity contribution in [1.82, 2.24) is 0 Å². The van der Waals surface area contributed by atoms with Crippen LogP contribution in [0.4, 0.5) is 0 Å². The maximum atomic E-state index is 11.5. The Labute approximate surface area is 83.0 Å². The summed E-state index contributed by atoms with van der Waals surface area (Å²) in [5.74, 6) is -0.174. The van der Waals surface area contributed by atoms with Crippen molar-refractivity contribution < 1.29 is 13.2 Å². The van der Waals surface area contributed by atoms with Crippen LogP contribution in [0.15, 0.2) is 47.4 Å². The molecule has 0 fully saturated rings. The molecule has 4 heteroatoms. The number of allylic oxidation sites excluding steroid dienone is 1. The topological polar surface area (TPSA) is 51.2 Å². The molecule has 1 aromatic carbocycles. The van der Waals surface area contributed by atoms with Crippen molar-refractivity contribution in [1.29, 1.82) is 0 Å². The van der Waals surface area contributed by atoms with Crippen LogP contribution >= 0.6 is 0 Å². The SMILES string of the molecule is O=[C]C=CCS(=O)(=O)c1ccccc1. The highest BCUT2D eigenvalue weighted by Gasteiger charge is 2.10. The lowest BCUT2D eigenvalue weighted by atomic mass is 10.4. The molecule has 0 bridgehead atoms. The smallest absolute Gasteiger partial charge is 0.225 e. The minimum atomic E-state index is -3.30. The minimum absolute atomic E-state index is 0.174. The number of hydrogen-bond acceptors (Lipinski definition) is 3. The standard InChI is InChI=1S/C10H9O3S/c11-8-4-5-9-14(12,13)10-6-2-1-3-7-10/h1-7H,9H2. The van der Waals surface area contributed by atoms with Crippen LogP contribution in [0.1, 0.15) is 0 Å². The third kappa shape index (κ3) is 2.81. The summed E-state index contributed by atoms with van der Waals surface area (Å²) in [5, 5.41) is 0. The van der Waals surface area contributed by atoms with E-state index in [0.29, 0.717) is 0 Å². The molecule has 1 aromatic rings. The first-order valence-electron chi connectivity index (χ1n) is 3.97. The largest absolute Gasteiger partial charge is 0.286 e. The lowest BCUT2D eigenvalue weighted by Gasteiger charge is -1.99. The summed E-state index contributed by atoms with van der Waals surface area (Å²) < 4.78 is 23.1. The molecule has 0 N–H and O–H groups in total. The molecular formula is C10H9O3S. The van der Waals surface area contributed by atoms with Gasteiger partial charge in [-0.15, -0.1) is 0 Å². The highest BCUT2D eigenvalue weighted by atomic mass is 32.2. The summed E-state index contributed by atoms with van der Waals surface area (Å²) >= 11 is 0. The quantitative estimate of drug-likeness (QED) is 0.698. The Balaban J connectivity index is 2.87. The van der Waals surface area contributed by atoms with Gasteiger partial charge in [0.2, 0.25) is 6.29 Å². The van der Waals surface area contributed by atoms with E-state index in [-0.39, 0.29) is 10.6 Å². The fourth-order valence-corrected chi connectivity index (χ4v) is 2.06. The van der Waals surface area contributed by atoms with E-state index in [2.05, 4.69) is 0 Å². The van der Waals surface area contributed by atoms with Crippen LogP contribution in [0, 0.1) is 0 Å². The van der Waals surface area contributed by atoms with Gasteiger partial charge >= 0.3 is 0 Å². The first kappa shape index (κ1) is 10.7. The van der Waals surface area contributed by atoms with Crippen LogP contribution < -0.4 is 0 Å². The number of hydrogen-bond donors (Lipinski definition) is 0. The second-order valence-electron chi connectivity index (χ2n) is 2.61. The van der Waals surface area contributed by atoms with Gasteiger partial charge in [-0.3, -0.25) is 4.79 Å². The molecule has 1 rings (SSSR count). The van der Waals surface area contributed by atoms with Gasteiger partial charge in [-0.2, -0.15) is 0 Å². The molecule has 1 radical (unpaired) electrons. The summed E-state index contributed by atoms with van der Waals surface area (Å²) in [6.45, 7) is 0. The third-order valence-corrected chi connectivity index (χ3v) is 3.23. The number of rotatable bonds is 4. The molecule has 73 valence electrons. The first-order valence-corrected chi connectivity index (χ1v) is 5.62. The van der Waals surface area contributed by atoms with E-state index < -0.39 is 9.84 Å². The lowest BCUT2D eigenvalue weighted by molar-refractivity contribution is 0.564. The van der Waals surface area contributed by atoms with Gasteiger partial charge in [0, 0.05) is 0 Å². The van der Waals surface area contributed by atoms with E-state index in [0.717, 1.165) is 6.08 Å². The minimum Gasteiger partial charge on any atom is -0.286 e. The number of benzene rings is 1. The highest BCUT2D eigenvalue weighted by Crippen LogP contribution is 2.09. The summed E-state index contributed by atoms with van der Waals surface area (Å²) in [4.78, 5) is 10.1. The fourth-order valence-electron chi connectivity index (χ4n) is 0.947. The monoisotopic (exact) mass is 209 g/mol. The molecule has 0 aliphatic heterocycles. The van der Waals surface area contributed by atoms with Crippen molar-refractivity contribution in [2.24, 2.45) is 0 Å². The first-order chi connectivity index (χ1) is 6.67. The summed E-state index contributed by atoms with van der Waals surface area (Å²) in [6.07, 6.45) is 3.83. The molecule has 0 unspecified atom stereocenters. The average Bonchev–Trinajstić information content (AvgIpc) is 2.19.